The maximum Gasteiger partial charge on any atom is 1.00 e. The Bertz CT molecular complexity index is 727. The molecule has 0 saturated carbocycles. The number of nitrogens with two attached hydrogens (primary N) is 1. The normalized spacial score (nSPS) is 12.8. The second kappa shape index (κ2) is 10.1. The molecule has 0 aliphatic heterocycles. The fraction of sp³-hybridized carbons (Fsp3) is 0.133. The molecule has 0 bridgehead atoms. The van der Waals surface area contributed by atoms with Crippen molar-refractivity contribution in [3.63, 3.8) is 0 Å². The van der Waals surface area contributed by atoms with E-state index in [1.165, 1.54) is 12.1 Å². The Morgan fingerprint density at radius 3 is 2.29 bits per heavy atom. The Morgan fingerprint density at radius 2 is 1.75 bits per heavy atom. The number of carbonyl (C=O) groups is 1. The summed E-state index contributed by atoms with van der Waals surface area (Å²) in [5, 5.41) is 20.2. The molecule has 2 atom stereocenters. The molecule has 2 aromatic carbocycles. The molecular weight excluding hydrogens is 662 g/mol. The van der Waals surface area contributed by atoms with Crippen LogP contribution in [0.1, 0.15) is 9.49 Å². The van der Waals surface area contributed by atoms with Crippen LogP contribution in [0.2, 0.25) is 0 Å². The van der Waals surface area contributed by atoms with Gasteiger partial charge in [0.05, 0.1) is 7.49 Å². The maximum atomic E-state index is 11.1. The van der Waals surface area contributed by atoms with Crippen molar-refractivity contribution < 1.29 is 49.3 Å². The van der Waals surface area contributed by atoms with E-state index in [-0.39, 0.29) is 39.2 Å². The molecule has 24 heavy (non-hydrogen) atoms. The van der Waals surface area contributed by atoms with Crippen LogP contribution in [-0.2, 0) is 4.79 Å². The molecule has 5 nitrogen and oxygen atoms in total. The Morgan fingerprint density at radius 1 is 1.17 bits per heavy atom. The van der Waals surface area contributed by atoms with Gasteiger partial charge in [-0.05, 0) is 75.0 Å². The van der Waals surface area contributed by atoms with Crippen molar-refractivity contribution in [2.45, 2.75) is 9.97 Å². The van der Waals surface area contributed by atoms with Crippen molar-refractivity contribution in [3.05, 3.63) is 49.1 Å². The van der Waals surface area contributed by atoms with Crippen LogP contribution in [0.25, 0.3) is 0 Å². The van der Waals surface area contributed by atoms with Gasteiger partial charge in [0.15, 0.2) is 0 Å². The number of carboxylic acid groups (broad SMARTS) is 1. The number of alkyl halides is 1. The van der Waals surface area contributed by atoms with Gasteiger partial charge in [-0.25, -0.2) is 0 Å². The third-order valence-electron chi connectivity index (χ3n) is 3.00. The van der Waals surface area contributed by atoms with Gasteiger partial charge < -0.3 is 20.7 Å². The van der Waals surface area contributed by atoms with Crippen LogP contribution < -0.4 is 45.1 Å². The number of hydrogen-bond donors (Lipinski definition) is 2. The minimum atomic E-state index is -1.03. The predicted octanol–water partition coefficient (Wildman–Crippen LogP) is 0.654. The van der Waals surface area contributed by atoms with Gasteiger partial charge in [0.25, 0.3) is 0 Å². The minimum Gasteiger partial charge on any atom is -0.872 e. The predicted molar refractivity (Wildman–Crippen MR) is 110 cm³/mol. The van der Waals surface area contributed by atoms with Crippen LogP contribution in [0.3, 0.4) is 0 Å². The number of hydrogen-bond acceptors (Lipinski definition) is 4. The molecule has 0 aliphatic carbocycles. The van der Waals surface area contributed by atoms with Crippen molar-refractivity contribution >= 4 is 73.7 Å². The smallest absolute Gasteiger partial charge is 0.872 e. The zero-order valence-electron chi connectivity index (χ0n) is 12.5. The SMILES string of the molecule is N[C@H](C(=O)O)C(I)c1cc(I)c(Oc2ccc([O-])cc2)cc1I.[Na+]. The summed E-state index contributed by atoms with van der Waals surface area (Å²) >= 11 is 6.31. The topological polar surface area (TPSA) is 95.6 Å². The van der Waals surface area contributed by atoms with E-state index >= 15 is 0 Å². The van der Waals surface area contributed by atoms with E-state index in [2.05, 4.69) is 45.2 Å². The average molecular weight is 673 g/mol. The monoisotopic (exact) mass is 673 g/mol. The van der Waals surface area contributed by atoms with Crippen LogP contribution >= 0.6 is 67.8 Å². The number of ether oxygens (including phenoxy) is 1. The first-order chi connectivity index (χ1) is 10.8. The summed E-state index contributed by atoms with van der Waals surface area (Å²) in [6.07, 6.45) is 0. The fourth-order valence-electron chi connectivity index (χ4n) is 1.79. The van der Waals surface area contributed by atoms with Gasteiger partial charge in [-0.2, -0.15) is 0 Å². The molecule has 2 aromatic rings. The number of halogens is 3. The van der Waals surface area contributed by atoms with Gasteiger partial charge in [0.1, 0.15) is 17.5 Å². The van der Waals surface area contributed by atoms with E-state index in [0.717, 1.165) is 12.7 Å². The molecule has 122 valence electrons. The summed E-state index contributed by atoms with van der Waals surface area (Å²) < 4.78 is 7.15. The van der Waals surface area contributed by atoms with Crippen molar-refractivity contribution in [3.8, 4) is 17.2 Å². The number of benzene rings is 2. The third-order valence-corrected chi connectivity index (χ3v) is 6.22. The van der Waals surface area contributed by atoms with Gasteiger partial charge in [-0.3, -0.25) is 4.79 Å². The van der Waals surface area contributed by atoms with Crippen LogP contribution in [-0.4, -0.2) is 17.1 Å². The molecule has 1 unspecified atom stereocenters. The zero-order chi connectivity index (χ0) is 17.1. The van der Waals surface area contributed by atoms with Crippen molar-refractivity contribution in [2.75, 3.05) is 0 Å². The van der Waals surface area contributed by atoms with Crippen molar-refractivity contribution in [1.82, 2.24) is 0 Å². The maximum absolute atomic E-state index is 11.1. The van der Waals surface area contributed by atoms with Gasteiger partial charge >= 0.3 is 35.5 Å². The molecule has 0 amide bonds. The van der Waals surface area contributed by atoms with E-state index in [9.17, 15) is 9.90 Å². The first-order valence-corrected chi connectivity index (χ1v) is 9.76. The molecule has 2 rings (SSSR count). The Kier molecular flexibility index (Phi) is 9.57. The average Bonchev–Trinajstić information content (AvgIpc) is 2.51. The summed E-state index contributed by atoms with van der Waals surface area (Å²) in [6.45, 7) is 0. The van der Waals surface area contributed by atoms with Crippen LogP contribution in [0.15, 0.2) is 36.4 Å². The molecular formula is C15H11I3NNaO4. The minimum absolute atomic E-state index is 0. The number of aliphatic carboxylic acids is 1. The van der Waals surface area contributed by atoms with Gasteiger partial charge in [-0.15, -0.1) is 5.75 Å². The van der Waals surface area contributed by atoms with E-state index in [1.807, 2.05) is 34.7 Å². The van der Waals surface area contributed by atoms with Gasteiger partial charge in [0, 0.05) is 3.57 Å². The van der Waals surface area contributed by atoms with E-state index in [0.29, 0.717) is 11.5 Å². The Balaban J connectivity index is 0.00000288. The summed E-state index contributed by atoms with van der Waals surface area (Å²) in [7, 11) is 0. The second-order valence-electron chi connectivity index (χ2n) is 4.64. The summed E-state index contributed by atoms with van der Waals surface area (Å²) in [5.41, 5.74) is 6.57. The molecule has 3 N–H and O–H groups in total. The van der Waals surface area contributed by atoms with Gasteiger partial charge in [0.2, 0.25) is 0 Å². The zero-order valence-corrected chi connectivity index (χ0v) is 21.0. The van der Waals surface area contributed by atoms with Gasteiger partial charge in [-0.1, -0.05) is 34.7 Å². The summed E-state index contributed by atoms with van der Waals surface area (Å²) in [5.74, 6) is 0.102. The molecule has 0 radical (unpaired) electrons. The fourth-order valence-corrected chi connectivity index (χ4v) is 4.58. The first kappa shape index (κ1) is 22.7. The summed E-state index contributed by atoms with van der Waals surface area (Å²) in [6, 6.07) is 8.84. The van der Waals surface area contributed by atoms with E-state index in [1.54, 1.807) is 12.1 Å². The molecule has 0 aromatic heterocycles. The number of rotatable bonds is 5. The molecule has 0 saturated heterocycles. The van der Waals surface area contributed by atoms with E-state index in [4.69, 9.17) is 15.6 Å². The molecule has 0 heterocycles. The van der Waals surface area contributed by atoms with Crippen molar-refractivity contribution in [1.29, 1.82) is 0 Å². The molecule has 0 aliphatic rings. The van der Waals surface area contributed by atoms with Crippen LogP contribution in [0.5, 0.6) is 17.2 Å². The largest absolute Gasteiger partial charge is 1.00 e. The Hall–Kier alpha value is 0.660. The quantitative estimate of drug-likeness (QED) is 0.277. The Labute approximate surface area is 202 Å². The van der Waals surface area contributed by atoms with Crippen molar-refractivity contribution in [2.24, 2.45) is 5.73 Å². The first-order valence-electron chi connectivity index (χ1n) is 6.36. The standard InChI is InChI=1S/C15H12I3NO4.Na/c16-10-6-12(23-8-3-1-7(20)2-4-8)11(17)5-9(10)13(18)14(19)15(21)22;/h1-6,13-14,20H,19H2,(H,21,22);/q;+1/p-1/t13?,14-;/m0./s1. The van der Waals surface area contributed by atoms with E-state index < -0.39 is 12.0 Å². The third kappa shape index (κ3) is 5.84. The summed E-state index contributed by atoms with van der Waals surface area (Å²) in [4.78, 5) is 11.1. The van der Waals surface area contributed by atoms with Crippen LogP contribution in [0, 0.1) is 7.14 Å². The second-order valence-corrected chi connectivity index (χ2v) is 8.31. The molecule has 9 heteroatoms. The molecule has 0 fully saturated rings. The molecule has 0 spiro atoms. The van der Waals surface area contributed by atoms with Crippen LogP contribution in [0.4, 0.5) is 0 Å². The number of carboxylic acids is 1.